The quantitative estimate of drug-likeness (QED) is 0.588. The van der Waals surface area contributed by atoms with Crippen LogP contribution in [0, 0.1) is 0 Å². The summed E-state index contributed by atoms with van der Waals surface area (Å²) in [7, 11) is 4.00. The Morgan fingerprint density at radius 2 is 1.81 bits per heavy atom. The van der Waals surface area contributed by atoms with Gasteiger partial charge in [-0.05, 0) is 23.6 Å². The first-order valence-corrected chi connectivity index (χ1v) is 9.43. The van der Waals surface area contributed by atoms with Crippen LogP contribution in [0.3, 0.4) is 0 Å². The fourth-order valence-electron chi connectivity index (χ4n) is 2.02. The molecule has 1 aromatic heterocycles. The second-order valence-electron chi connectivity index (χ2n) is 5.99. The van der Waals surface area contributed by atoms with Gasteiger partial charge in [-0.15, -0.1) is 11.3 Å². The van der Waals surface area contributed by atoms with E-state index < -0.39 is 9.73 Å². The fraction of sp³-hybridized carbons (Fsp3) is 0.375. The van der Waals surface area contributed by atoms with Crippen LogP contribution in [-0.2, 0) is 9.73 Å². The Hall–Kier alpha value is -1.17. The Morgan fingerprint density at radius 1 is 1.10 bits per heavy atom. The van der Waals surface area contributed by atoms with Crippen LogP contribution in [0.15, 0.2) is 61.3 Å². The third kappa shape index (κ3) is 4.40. The summed E-state index contributed by atoms with van der Waals surface area (Å²) < 4.78 is 19.8. The van der Waals surface area contributed by atoms with Gasteiger partial charge >= 0.3 is 0 Å². The highest BCUT2D eigenvalue weighted by molar-refractivity contribution is 7.95. The molecule has 1 heterocycles. The maximum absolute atomic E-state index is 13.4. The van der Waals surface area contributed by atoms with Crippen LogP contribution >= 0.6 is 11.3 Å². The summed E-state index contributed by atoms with van der Waals surface area (Å²) in [5.41, 5.74) is 0. The lowest BCUT2D eigenvalue weighted by atomic mass is 10.4. The Morgan fingerprint density at radius 3 is 2.38 bits per heavy atom. The van der Waals surface area contributed by atoms with E-state index in [9.17, 15) is 4.21 Å². The van der Waals surface area contributed by atoms with Gasteiger partial charge in [0, 0.05) is 6.42 Å². The first kappa shape index (κ1) is 16.2. The molecule has 0 radical (unpaired) electrons. The van der Waals surface area contributed by atoms with Crippen LogP contribution in [-0.4, -0.2) is 42.9 Å². The molecule has 1 unspecified atom stereocenters. The Bertz CT molecular complexity index is 664. The molecular formula is C16H23N2OS2+. The minimum absolute atomic E-state index is 0.626. The van der Waals surface area contributed by atoms with Crippen LogP contribution in [0.5, 0.6) is 0 Å². The first-order chi connectivity index (χ1) is 9.92. The highest BCUT2D eigenvalue weighted by atomic mass is 32.2. The van der Waals surface area contributed by atoms with Gasteiger partial charge in [-0.3, -0.25) is 0 Å². The van der Waals surface area contributed by atoms with Gasteiger partial charge in [0.05, 0.1) is 39.1 Å². The molecule has 0 fully saturated rings. The first-order valence-electron chi connectivity index (χ1n) is 7.04. The number of nitrogens with zero attached hydrogens (tertiary/aromatic N) is 2. The van der Waals surface area contributed by atoms with Crippen molar-refractivity contribution in [2.75, 3.05) is 34.2 Å². The van der Waals surface area contributed by atoms with Gasteiger partial charge in [-0.2, -0.15) is 0 Å². The van der Waals surface area contributed by atoms with E-state index >= 15 is 0 Å². The zero-order valence-corrected chi connectivity index (χ0v) is 14.5. The lowest BCUT2D eigenvalue weighted by Crippen LogP contribution is -2.35. The van der Waals surface area contributed by atoms with Gasteiger partial charge in [-0.25, -0.2) is 8.57 Å². The average Bonchev–Trinajstić information content (AvgIpc) is 2.98. The van der Waals surface area contributed by atoms with Crippen LogP contribution < -0.4 is 0 Å². The van der Waals surface area contributed by atoms with Crippen molar-refractivity contribution in [1.29, 1.82) is 0 Å². The Kier molecular flexibility index (Phi) is 5.19. The van der Waals surface area contributed by atoms with Gasteiger partial charge in [0.1, 0.15) is 13.9 Å². The molecule has 0 aliphatic heterocycles. The topological polar surface area (TPSA) is 29.4 Å². The lowest BCUT2D eigenvalue weighted by molar-refractivity contribution is -0.870. The van der Waals surface area contributed by atoms with Crippen molar-refractivity contribution >= 4 is 21.1 Å². The highest BCUT2D eigenvalue weighted by Gasteiger charge is 2.16. The number of rotatable bonds is 6. The SMILES string of the molecule is C[N+](C)(C)CCCN=S(=O)(c1ccccc1)c1cccs1. The molecule has 0 aliphatic rings. The van der Waals surface area contributed by atoms with E-state index in [4.69, 9.17) is 0 Å². The number of benzene rings is 1. The van der Waals surface area contributed by atoms with Crippen LogP contribution in [0.1, 0.15) is 6.42 Å². The number of thiophene rings is 1. The van der Waals surface area contributed by atoms with Gasteiger partial charge < -0.3 is 4.48 Å². The van der Waals surface area contributed by atoms with Gasteiger partial charge in [0.25, 0.3) is 0 Å². The monoisotopic (exact) mass is 323 g/mol. The maximum Gasteiger partial charge on any atom is 0.113 e. The van der Waals surface area contributed by atoms with E-state index in [0.717, 1.165) is 26.6 Å². The molecule has 0 aliphatic carbocycles. The number of quaternary nitrogens is 1. The van der Waals surface area contributed by atoms with E-state index in [2.05, 4.69) is 25.5 Å². The van der Waals surface area contributed by atoms with Crippen molar-refractivity contribution in [3.63, 3.8) is 0 Å². The van der Waals surface area contributed by atoms with E-state index in [1.54, 1.807) is 0 Å². The third-order valence-corrected chi connectivity index (χ3v) is 6.86. The molecule has 0 N–H and O–H groups in total. The Labute approximate surface area is 132 Å². The van der Waals surface area contributed by atoms with Crippen LogP contribution in [0.4, 0.5) is 0 Å². The summed E-state index contributed by atoms with van der Waals surface area (Å²) in [4.78, 5) is 0.803. The van der Waals surface area contributed by atoms with Crippen LogP contribution in [0.25, 0.3) is 0 Å². The predicted molar refractivity (Wildman–Crippen MR) is 90.2 cm³/mol. The molecule has 0 bridgehead atoms. The zero-order chi connectivity index (χ0) is 15.3. The van der Waals surface area contributed by atoms with E-state index in [-0.39, 0.29) is 0 Å². The molecule has 21 heavy (non-hydrogen) atoms. The second-order valence-corrected chi connectivity index (χ2v) is 9.42. The molecule has 0 saturated carbocycles. The number of hydrogen-bond acceptors (Lipinski definition) is 3. The van der Waals surface area contributed by atoms with Crippen molar-refractivity contribution in [3.8, 4) is 0 Å². The molecule has 0 spiro atoms. The Balaban J connectivity index is 2.28. The van der Waals surface area contributed by atoms with Gasteiger partial charge in [0.15, 0.2) is 0 Å². The van der Waals surface area contributed by atoms with E-state index in [1.165, 1.54) is 11.3 Å². The van der Waals surface area contributed by atoms with Crippen molar-refractivity contribution in [3.05, 3.63) is 47.8 Å². The highest BCUT2D eigenvalue weighted by Crippen LogP contribution is 2.27. The summed E-state index contributed by atoms with van der Waals surface area (Å²) in [5.74, 6) is 0. The summed E-state index contributed by atoms with van der Waals surface area (Å²) in [6.45, 7) is 1.65. The molecule has 5 heteroatoms. The average molecular weight is 324 g/mol. The molecular weight excluding hydrogens is 300 g/mol. The molecule has 3 nitrogen and oxygen atoms in total. The minimum atomic E-state index is -2.48. The molecule has 1 aromatic carbocycles. The lowest BCUT2D eigenvalue weighted by Gasteiger charge is -2.23. The fourth-order valence-corrected chi connectivity index (χ4v) is 5.29. The largest absolute Gasteiger partial charge is 0.331 e. The summed E-state index contributed by atoms with van der Waals surface area (Å²) in [6, 6.07) is 13.5. The molecule has 1 atom stereocenters. The summed E-state index contributed by atoms with van der Waals surface area (Å²) in [6.07, 6.45) is 0.943. The molecule has 2 aromatic rings. The van der Waals surface area contributed by atoms with Crippen molar-refractivity contribution in [1.82, 2.24) is 0 Å². The van der Waals surface area contributed by atoms with Gasteiger partial charge in [0.2, 0.25) is 0 Å². The van der Waals surface area contributed by atoms with Gasteiger partial charge in [-0.1, -0.05) is 24.3 Å². The van der Waals surface area contributed by atoms with E-state index in [1.807, 2.05) is 47.8 Å². The normalized spacial score (nSPS) is 14.6. The van der Waals surface area contributed by atoms with Crippen LogP contribution in [0.2, 0.25) is 0 Å². The maximum atomic E-state index is 13.4. The smallest absolute Gasteiger partial charge is 0.113 e. The third-order valence-electron chi connectivity index (χ3n) is 3.09. The van der Waals surface area contributed by atoms with Crippen molar-refractivity contribution in [2.45, 2.75) is 15.5 Å². The molecule has 114 valence electrons. The standard InChI is InChI=1S/C16H23N2OS2/c1-18(2,3)13-8-12-17-21(19,16-11-7-14-20-16)15-9-5-4-6-10-15/h4-7,9-11,14H,8,12-13H2,1-3H3/q+1. The van der Waals surface area contributed by atoms with E-state index in [0.29, 0.717) is 6.54 Å². The molecule has 2 rings (SSSR count). The van der Waals surface area contributed by atoms with Crippen molar-refractivity contribution in [2.24, 2.45) is 4.36 Å². The molecule has 0 saturated heterocycles. The second kappa shape index (κ2) is 6.73. The minimum Gasteiger partial charge on any atom is -0.331 e. The molecule has 0 amide bonds. The number of hydrogen-bond donors (Lipinski definition) is 0. The summed E-state index contributed by atoms with van der Waals surface area (Å²) >= 11 is 1.52. The summed E-state index contributed by atoms with van der Waals surface area (Å²) in [5, 5.41) is 1.96. The predicted octanol–water partition coefficient (Wildman–Crippen LogP) is 3.73. The zero-order valence-electron chi connectivity index (χ0n) is 12.9. The van der Waals surface area contributed by atoms with Crippen molar-refractivity contribution < 1.29 is 8.69 Å².